The molecule has 0 aliphatic carbocycles. The third-order valence-electron chi connectivity index (χ3n) is 4.26. The number of phenols is 1. The molecule has 6 nitrogen and oxygen atoms in total. The molecule has 0 radical (unpaired) electrons. The van der Waals surface area contributed by atoms with Crippen LogP contribution in [0.25, 0.3) is 0 Å². The van der Waals surface area contributed by atoms with Crippen molar-refractivity contribution < 1.29 is 14.7 Å². The molecule has 0 unspecified atom stereocenters. The lowest BCUT2D eigenvalue weighted by Gasteiger charge is -2.54. The zero-order valence-electron chi connectivity index (χ0n) is 14.1. The van der Waals surface area contributed by atoms with E-state index in [1.165, 1.54) is 12.1 Å². The molecule has 0 atom stereocenters. The number of piperidine rings is 1. The predicted octanol–water partition coefficient (Wildman–Crippen LogP) is 1.84. The van der Waals surface area contributed by atoms with Crippen molar-refractivity contribution in [3.63, 3.8) is 0 Å². The van der Waals surface area contributed by atoms with Crippen molar-refractivity contribution in [1.82, 2.24) is 4.90 Å². The second-order valence-electron chi connectivity index (χ2n) is 7.43. The maximum Gasteiger partial charge on any atom is 0.313 e. The number of aromatic hydroxyl groups is 1. The van der Waals surface area contributed by atoms with Crippen molar-refractivity contribution >= 4 is 17.5 Å². The summed E-state index contributed by atoms with van der Waals surface area (Å²) in [6.45, 7) is 7.72. The van der Waals surface area contributed by atoms with Gasteiger partial charge in [0.2, 0.25) is 0 Å². The molecule has 1 aromatic rings. The fourth-order valence-electron chi connectivity index (χ4n) is 3.74. The Balaban J connectivity index is 2.20. The fourth-order valence-corrected chi connectivity index (χ4v) is 3.74. The van der Waals surface area contributed by atoms with Gasteiger partial charge < -0.3 is 21.1 Å². The lowest BCUT2D eigenvalue weighted by Crippen LogP contribution is -2.66. The lowest BCUT2D eigenvalue weighted by atomic mass is 9.77. The highest BCUT2D eigenvalue weighted by Gasteiger charge is 2.48. The summed E-state index contributed by atoms with van der Waals surface area (Å²) in [5, 5.41) is 11.8. The lowest BCUT2D eigenvalue weighted by molar-refractivity contribution is -0.156. The number of carbonyl (C=O) groups excluding carboxylic acids is 2. The molecular formula is C17H25N3O3. The predicted molar refractivity (Wildman–Crippen MR) is 88.9 cm³/mol. The Hall–Kier alpha value is -2.08. The van der Waals surface area contributed by atoms with E-state index in [1.54, 1.807) is 17.0 Å². The number of hydrogen-bond acceptors (Lipinski definition) is 4. The highest BCUT2D eigenvalue weighted by molar-refractivity contribution is 6.39. The maximum absolute atomic E-state index is 12.7. The summed E-state index contributed by atoms with van der Waals surface area (Å²) in [6, 6.07) is 6.00. The average molecular weight is 319 g/mol. The van der Waals surface area contributed by atoms with Gasteiger partial charge in [0.15, 0.2) is 0 Å². The highest BCUT2D eigenvalue weighted by atomic mass is 16.3. The van der Waals surface area contributed by atoms with E-state index in [1.807, 2.05) is 27.7 Å². The van der Waals surface area contributed by atoms with Crippen LogP contribution < -0.4 is 11.1 Å². The van der Waals surface area contributed by atoms with Crippen LogP contribution in [0.1, 0.15) is 40.5 Å². The van der Waals surface area contributed by atoms with Crippen LogP contribution in [0.15, 0.2) is 24.3 Å². The first-order chi connectivity index (χ1) is 10.5. The number of likely N-dealkylation sites (tertiary alicyclic amines) is 1. The molecule has 0 bridgehead atoms. The quantitative estimate of drug-likeness (QED) is 0.543. The molecule has 1 heterocycles. The van der Waals surface area contributed by atoms with Gasteiger partial charge in [0.1, 0.15) is 5.75 Å². The number of phenolic OH excluding ortho intramolecular Hbond substituents is 1. The van der Waals surface area contributed by atoms with Crippen LogP contribution in [-0.4, -0.2) is 38.9 Å². The van der Waals surface area contributed by atoms with Crippen molar-refractivity contribution in [1.29, 1.82) is 0 Å². The van der Waals surface area contributed by atoms with Gasteiger partial charge in [0.25, 0.3) is 0 Å². The van der Waals surface area contributed by atoms with Crippen LogP contribution in [0, 0.1) is 0 Å². The number of hydrogen-bond donors (Lipinski definition) is 3. The molecule has 0 saturated carbocycles. The minimum absolute atomic E-state index is 0.00390. The molecule has 1 aromatic carbocycles. The van der Waals surface area contributed by atoms with Gasteiger partial charge >= 0.3 is 11.8 Å². The molecule has 23 heavy (non-hydrogen) atoms. The molecule has 1 aliphatic rings. The van der Waals surface area contributed by atoms with Crippen LogP contribution in [0.2, 0.25) is 0 Å². The molecule has 1 aliphatic heterocycles. The van der Waals surface area contributed by atoms with Crippen molar-refractivity contribution in [3.8, 4) is 5.75 Å². The van der Waals surface area contributed by atoms with E-state index in [2.05, 4.69) is 5.32 Å². The standard InChI is InChI=1S/C17H25N3O3/c1-16(2)9-11(18)10-17(3,4)20(16)15(23)14(22)19-12-5-7-13(21)8-6-12/h5-8,11,21H,9-10,18H2,1-4H3,(H,19,22). The Labute approximate surface area is 136 Å². The maximum atomic E-state index is 12.7. The second kappa shape index (κ2) is 5.85. The Morgan fingerprint density at radius 3 is 2.09 bits per heavy atom. The van der Waals surface area contributed by atoms with Gasteiger partial charge in [-0.1, -0.05) is 0 Å². The number of nitrogens with one attached hydrogen (secondary N) is 1. The molecule has 4 N–H and O–H groups in total. The SMILES string of the molecule is CC1(C)CC(N)CC(C)(C)N1C(=O)C(=O)Nc1ccc(O)cc1. The van der Waals surface area contributed by atoms with Gasteiger partial charge in [0.05, 0.1) is 0 Å². The Morgan fingerprint density at radius 1 is 1.13 bits per heavy atom. The van der Waals surface area contributed by atoms with E-state index < -0.39 is 22.9 Å². The normalized spacial score (nSPS) is 20.1. The van der Waals surface area contributed by atoms with E-state index >= 15 is 0 Å². The summed E-state index contributed by atoms with van der Waals surface area (Å²) in [7, 11) is 0. The molecule has 2 rings (SSSR count). The monoisotopic (exact) mass is 319 g/mol. The van der Waals surface area contributed by atoms with Crippen molar-refractivity contribution in [2.75, 3.05) is 5.32 Å². The number of benzene rings is 1. The van der Waals surface area contributed by atoms with Crippen molar-refractivity contribution in [2.45, 2.75) is 57.7 Å². The van der Waals surface area contributed by atoms with Crippen molar-refractivity contribution in [3.05, 3.63) is 24.3 Å². The Bertz CT molecular complexity index is 590. The topological polar surface area (TPSA) is 95.7 Å². The van der Waals surface area contributed by atoms with Crippen LogP contribution in [0.5, 0.6) is 5.75 Å². The summed E-state index contributed by atoms with van der Waals surface area (Å²) in [4.78, 5) is 26.7. The first-order valence-corrected chi connectivity index (χ1v) is 7.73. The van der Waals surface area contributed by atoms with Crippen LogP contribution in [0.3, 0.4) is 0 Å². The zero-order chi connectivity index (χ0) is 17.4. The number of nitrogens with zero attached hydrogens (tertiary/aromatic N) is 1. The van der Waals surface area contributed by atoms with Gasteiger partial charge in [0, 0.05) is 22.8 Å². The van der Waals surface area contributed by atoms with Crippen LogP contribution in [-0.2, 0) is 9.59 Å². The summed E-state index contributed by atoms with van der Waals surface area (Å²) >= 11 is 0. The minimum atomic E-state index is -0.688. The second-order valence-corrected chi connectivity index (χ2v) is 7.43. The molecule has 1 saturated heterocycles. The van der Waals surface area contributed by atoms with E-state index in [-0.39, 0.29) is 11.8 Å². The molecule has 1 fully saturated rings. The minimum Gasteiger partial charge on any atom is -0.508 e. The summed E-state index contributed by atoms with van der Waals surface area (Å²) in [5.41, 5.74) is 5.57. The highest BCUT2D eigenvalue weighted by Crippen LogP contribution is 2.37. The van der Waals surface area contributed by atoms with Crippen LogP contribution >= 0.6 is 0 Å². The number of anilines is 1. The summed E-state index contributed by atoms with van der Waals surface area (Å²) in [6.07, 6.45) is 1.29. The van der Waals surface area contributed by atoms with E-state index in [4.69, 9.17) is 5.73 Å². The van der Waals surface area contributed by atoms with Crippen LogP contribution in [0.4, 0.5) is 5.69 Å². The molecular weight excluding hydrogens is 294 g/mol. The Morgan fingerprint density at radius 2 is 1.61 bits per heavy atom. The number of nitrogens with two attached hydrogens (primary N) is 1. The average Bonchev–Trinajstić information content (AvgIpc) is 2.37. The summed E-state index contributed by atoms with van der Waals surface area (Å²) < 4.78 is 0. The fraction of sp³-hybridized carbons (Fsp3) is 0.529. The molecule has 0 aromatic heterocycles. The van der Waals surface area contributed by atoms with Gasteiger partial charge in [-0.2, -0.15) is 0 Å². The largest absolute Gasteiger partial charge is 0.508 e. The number of rotatable bonds is 1. The molecule has 126 valence electrons. The first kappa shape index (κ1) is 17.3. The van der Waals surface area contributed by atoms with Gasteiger partial charge in [-0.15, -0.1) is 0 Å². The van der Waals surface area contributed by atoms with Crippen molar-refractivity contribution in [2.24, 2.45) is 5.73 Å². The molecule has 2 amide bonds. The van der Waals surface area contributed by atoms with E-state index in [9.17, 15) is 14.7 Å². The van der Waals surface area contributed by atoms with E-state index in [0.717, 1.165) is 0 Å². The van der Waals surface area contributed by atoms with E-state index in [0.29, 0.717) is 18.5 Å². The molecule has 6 heteroatoms. The zero-order valence-corrected chi connectivity index (χ0v) is 14.1. The van der Waals surface area contributed by atoms with Gasteiger partial charge in [-0.25, -0.2) is 0 Å². The smallest absolute Gasteiger partial charge is 0.313 e. The Kier molecular flexibility index (Phi) is 4.39. The third-order valence-corrected chi connectivity index (χ3v) is 4.26. The van der Waals surface area contributed by atoms with Gasteiger partial charge in [-0.3, -0.25) is 9.59 Å². The third kappa shape index (κ3) is 3.64. The first-order valence-electron chi connectivity index (χ1n) is 7.73. The summed E-state index contributed by atoms with van der Waals surface area (Å²) in [5.74, 6) is -1.16. The number of amides is 2. The van der Waals surface area contributed by atoms with Gasteiger partial charge in [-0.05, 0) is 64.8 Å². The molecule has 0 spiro atoms. The number of carbonyl (C=O) groups is 2.